The van der Waals surface area contributed by atoms with E-state index in [-0.39, 0.29) is 18.2 Å². The van der Waals surface area contributed by atoms with Crippen molar-refractivity contribution in [1.82, 2.24) is 10.2 Å². The molecule has 24 heavy (non-hydrogen) atoms. The molecule has 0 saturated carbocycles. The number of halogens is 3. The second kappa shape index (κ2) is 7.30. The van der Waals surface area contributed by atoms with E-state index < -0.39 is 6.36 Å². The van der Waals surface area contributed by atoms with E-state index >= 15 is 0 Å². The van der Waals surface area contributed by atoms with Gasteiger partial charge in [-0.15, -0.1) is 23.4 Å². The van der Waals surface area contributed by atoms with Gasteiger partial charge in [0, 0.05) is 12.6 Å². The van der Waals surface area contributed by atoms with Gasteiger partial charge in [-0.1, -0.05) is 0 Å². The molecule has 130 valence electrons. The van der Waals surface area contributed by atoms with Crippen LogP contribution in [0.15, 0.2) is 28.7 Å². The molecule has 0 radical (unpaired) electrons. The Morgan fingerprint density at radius 3 is 2.50 bits per heavy atom. The summed E-state index contributed by atoms with van der Waals surface area (Å²) in [6.07, 6.45) is -4.75. The summed E-state index contributed by atoms with van der Waals surface area (Å²) in [6.45, 7) is 2.18. The number of amides is 1. The molecular weight excluding hydrogens is 329 g/mol. The first-order valence-corrected chi connectivity index (χ1v) is 6.97. The summed E-state index contributed by atoms with van der Waals surface area (Å²) in [7, 11) is 1.78. The lowest BCUT2D eigenvalue weighted by Crippen LogP contribution is -3.08. The van der Waals surface area contributed by atoms with Crippen LogP contribution in [0.3, 0.4) is 0 Å². The lowest BCUT2D eigenvalue weighted by atomic mass is 10.3. The van der Waals surface area contributed by atoms with Crippen LogP contribution >= 0.6 is 0 Å². The van der Waals surface area contributed by atoms with Crippen LogP contribution in [0, 0.1) is 6.92 Å². The van der Waals surface area contributed by atoms with E-state index in [2.05, 4.69) is 20.3 Å². The summed E-state index contributed by atoms with van der Waals surface area (Å²) in [5.74, 6) is 0.220. The number of carbonyl (C=O) groups excluding carboxylic acids is 1. The minimum Gasteiger partial charge on any atom is -0.420 e. The lowest BCUT2D eigenvalue weighted by Gasteiger charge is -2.12. The van der Waals surface area contributed by atoms with E-state index in [9.17, 15) is 18.0 Å². The van der Waals surface area contributed by atoms with Crippen LogP contribution in [0.4, 0.5) is 18.9 Å². The average Bonchev–Trinajstić information content (AvgIpc) is 2.84. The first-order valence-electron chi connectivity index (χ1n) is 6.97. The number of aryl methyl sites for hydroxylation is 1. The van der Waals surface area contributed by atoms with E-state index in [1.54, 1.807) is 14.0 Å². The van der Waals surface area contributed by atoms with Crippen molar-refractivity contribution in [2.24, 2.45) is 0 Å². The second-order valence-corrected chi connectivity index (χ2v) is 5.15. The molecule has 1 unspecified atom stereocenters. The zero-order valence-corrected chi connectivity index (χ0v) is 13.0. The third-order valence-electron chi connectivity index (χ3n) is 2.85. The number of aromatic nitrogens is 2. The fraction of sp³-hybridized carbons (Fsp3) is 0.357. The fourth-order valence-electron chi connectivity index (χ4n) is 1.95. The Morgan fingerprint density at radius 2 is 1.96 bits per heavy atom. The Hall–Kier alpha value is -2.62. The fourth-order valence-corrected chi connectivity index (χ4v) is 1.95. The number of ether oxygens (including phenoxy) is 1. The number of hydrogen-bond donors (Lipinski definition) is 2. The number of alkyl halides is 3. The van der Waals surface area contributed by atoms with Crippen LogP contribution in [0.2, 0.25) is 0 Å². The Kier molecular flexibility index (Phi) is 5.39. The third kappa shape index (κ3) is 5.88. The van der Waals surface area contributed by atoms with Gasteiger partial charge < -0.3 is 19.4 Å². The molecule has 1 atom stereocenters. The van der Waals surface area contributed by atoms with Gasteiger partial charge in [-0.3, -0.25) is 4.79 Å². The van der Waals surface area contributed by atoms with Crippen LogP contribution in [0.25, 0.3) is 0 Å². The number of benzene rings is 1. The van der Waals surface area contributed by atoms with Gasteiger partial charge in [0.05, 0.1) is 7.05 Å². The summed E-state index contributed by atoms with van der Waals surface area (Å²) < 4.78 is 45.2. The molecule has 0 aliphatic carbocycles. The van der Waals surface area contributed by atoms with Crippen molar-refractivity contribution in [1.29, 1.82) is 0 Å². The van der Waals surface area contributed by atoms with E-state index in [1.807, 2.05) is 0 Å². The normalized spacial score (nSPS) is 12.7. The monoisotopic (exact) mass is 345 g/mol. The quantitative estimate of drug-likeness (QED) is 0.814. The van der Waals surface area contributed by atoms with E-state index in [1.165, 1.54) is 12.1 Å². The summed E-state index contributed by atoms with van der Waals surface area (Å²) >= 11 is 0. The predicted molar refractivity (Wildman–Crippen MR) is 76.2 cm³/mol. The summed E-state index contributed by atoms with van der Waals surface area (Å²) in [6, 6.07) is 4.91. The Labute approximate surface area is 135 Å². The number of nitrogens with zero attached hydrogens (tertiary/aromatic N) is 2. The molecule has 0 saturated heterocycles. The standard InChI is InChI=1S/C14H15F3N4O3/c1-9-19-20-13(23-9)8-21(2)7-12(22)18-10-3-5-11(6-4-10)24-14(15,16)17/h3-6H,7-8H2,1-2H3,(H,18,22)/p+1. The zero-order chi connectivity index (χ0) is 17.7. The molecule has 1 heterocycles. The Morgan fingerprint density at radius 1 is 1.29 bits per heavy atom. The molecule has 0 bridgehead atoms. The van der Waals surface area contributed by atoms with Gasteiger partial charge in [0.2, 0.25) is 5.89 Å². The first kappa shape index (κ1) is 17.7. The molecular formula is C14H16F3N4O3+. The van der Waals surface area contributed by atoms with Crippen molar-refractivity contribution in [2.75, 3.05) is 18.9 Å². The highest BCUT2D eigenvalue weighted by Gasteiger charge is 2.30. The van der Waals surface area contributed by atoms with Crippen molar-refractivity contribution in [3.05, 3.63) is 36.0 Å². The number of anilines is 1. The lowest BCUT2D eigenvalue weighted by molar-refractivity contribution is -0.886. The van der Waals surface area contributed by atoms with E-state index in [4.69, 9.17) is 4.42 Å². The van der Waals surface area contributed by atoms with Gasteiger partial charge in [0.25, 0.3) is 11.8 Å². The second-order valence-electron chi connectivity index (χ2n) is 5.15. The largest absolute Gasteiger partial charge is 0.573 e. The van der Waals surface area contributed by atoms with Crippen LogP contribution in [-0.4, -0.2) is 36.1 Å². The molecule has 2 N–H and O–H groups in total. The highest BCUT2D eigenvalue weighted by Crippen LogP contribution is 2.23. The highest BCUT2D eigenvalue weighted by molar-refractivity contribution is 5.91. The predicted octanol–water partition coefficient (Wildman–Crippen LogP) is 0.930. The molecule has 1 aromatic heterocycles. The number of quaternary nitrogens is 1. The number of hydrogen-bond acceptors (Lipinski definition) is 5. The minimum atomic E-state index is -4.75. The molecule has 0 aliphatic heterocycles. The van der Waals surface area contributed by atoms with E-state index in [0.717, 1.165) is 17.0 Å². The van der Waals surface area contributed by atoms with E-state index in [0.29, 0.717) is 24.0 Å². The van der Waals surface area contributed by atoms with Gasteiger partial charge in [-0.05, 0) is 24.3 Å². The smallest absolute Gasteiger partial charge is 0.420 e. The summed E-state index contributed by atoms with van der Waals surface area (Å²) in [5, 5.41) is 10.1. The number of nitrogens with one attached hydrogen (secondary N) is 2. The molecule has 0 spiro atoms. The van der Waals surface area contributed by atoms with Gasteiger partial charge in [0.1, 0.15) is 5.75 Å². The number of likely N-dealkylation sites (N-methyl/N-ethyl adjacent to an activating group) is 1. The Bertz CT molecular complexity index is 685. The maximum Gasteiger partial charge on any atom is 0.573 e. The molecule has 0 aliphatic rings. The maximum atomic E-state index is 12.1. The maximum absolute atomic E-state index is 12.1. The van der Waals surface area contributed by atoms with Crippen molar-refractivity contribution in [3.8, 4) is 5.75 Å². The zero-order valence-electron chi connectivity index (χ0n) is 13.0. The van der Waals surface area contributed by atoms with Gasteiger partial charge in [-0.25, -0.2) is 0 Å². The van der Waals surface area contributed by atoms with Gasteiger partial charge in [0.15, 0.2) is 13.1 Å². The SMILES string of the molecule is Cc1nnc(C[NH+](C)CC(=O)Nc2ccc(OC(F)(F)F)cc2)o1. The summed E-state index contributed by atoms with van der Waals surface area (Å²) in [5.41, 5.74) is 0.371. The van der Waals surface area contributed by atoms with Crippen molar-refractivity contribution in [2.45, 2.75) is 19.8 Å². The van der Waals surface area contributed by atoms with Crippen LogP contribution < -0.4 is 15.0 Å². The average molecular weight is 345 g/mol. The van der Waals surface area contributed by atoms with Crippen molar-refractivity contribution < 1.29 is 32.0 Å². The summed E-state index contributed by atoms with van der Waals surface area (Å²) in [4.78, 5) is 12.7. The molecule has 1 amide bonds. The van der Waals surface area contributed by atoms with Crippen LogP contribution in [-0.2, 0) is 11.3 Å². The molecule has 2 rings (SSSR count). The van der Waals surface area contributed by atoms with Crippen molar-refractivity contribution in [3.63, 3.8) is 0 Å². The minimum absolute atomic E-state index is 0.127. The molecule has 10 heteroatoms. The van der Waals surface area contributed by atoms with Gasteiger partial charge >= 0.3 is 6.36 Å². The van der Waals surface area contributed by atoms with Crippen LogP contribution in [0.5, 0.6) is 5.75 Å². The molecule has 2 aromatic rings. The van der Waals surface area contributed by atoms with Gasteiger partial charge in [-0.2, -0.15) is 0 Å². The Balaban J connectivity index is 1.83. The van der Waals surface area contributed by atoms with Crippen LogP contribution in [0.1, 0.15) is 11.8 Å². The first-order chi connectivity index (χ1) is 11.2. The topological polar surface area (TPSA) is 81.7 Å². The molecule has 7 nitrogen and oxygen atoms in total. The molecule has 0 fully saturated rings. The number of rotatable bonds is 6. The van der Waals surface area contributed by atoms with Crippen molar-refractivity contribution >= 4 is 11.6 Å². The third-order valence-corrected chi connectivity index (χ3v) is 2.85. The number of carbonyl (C=O) groups is 1. The highest BCUT2D eigenvalue weighted by atomic mass is 19.4. The molecule has 1 aromatic carbocycles.